The minimum Gasteiger partial charge on any atom is -0.491 e. The van der Waals surface area contributed by atoms with Gasteiger partial charge in [-0.25, -0.2) is 4.98 Å². The van der Waals surface area contributed by atoms with E-state index in [-0.39, 0.29) is 0 Å². The molecule has 0 N–H and O–H groups in total. The Morgan fingerprint density at radius 1 is 1.41 bits per heavy atom. The van der Waals surface area contributed by atoms with Gasteiger partial charge in [-0.2, -0.15) is 0 Å². The molecule has 0 aliphatic rings. The fourth-order valence-corrected chi connectivity index (χ4v) is 1.60. The number of carbonyl (C=O) groups excluding carboxylic acids is 1. The molecular weight excluding hydrogens is 216 g/mol. The number of rotatable bonds is 5. The normalized spacial score (nSPS) is 10.2. The maximum absolute atomic E-state index is 10.8. The Labute approximate surface area is 99.9 Å². The van der Waals surface area contributed by atoms with Gasteiger partial charge in [-0.1, -0.05) is 12.1 Å². The molecule has 4 nitrogen and oxygen atoms in total. The molecule has 0 unspecified atom stereocenters. The van der Waals surface area contributed by atoms with Gasteiger partial charge >= 0.3 is 0 Å². The van der Waals surface area contributed by atoms with Gasteiger partial charge < -0.3 is 9.30 Å². The lowest BCUT2D eigenvalue weighted by atomic mass is 10.2. The predicted molar refractivity (Wildman–Crippen MR) is 64.3 cm³/mol. The Bertz CT molecular complexity index is 506. The first-order valence-corrected chi connectivity index (χ1v) is 5.46. The van der Waals surface area contributed by atoms with E-state index in [4.69, 9.17) is 4.74 Å². The van der Waals surface area contributed by atoms with Crippen molar-refractivity contribution in [1.29, 1.82) is 0 Å². The second-order valence-corrected chi connectivity index (χ2v) is 3.67. The number of nitrogens with zero attached hydrogens (tertiary/aromatic N) is 2. The number of aromatic nitrogens is 2. The molecule has 0 aliphatic heterocycles. The van der Waals surface area contributed by atoms with Gasteiger partial charge in [-0.3, -0.25) is 4.79 Å². The molecule has 2 rings (SSSR count). The Hall–Kier alpha value is -2.10. The number of aryl methyl sites for hydroxylation is 1. The zero-order valence-corrected chi connectivity index (χ0v) is 9.67. The van der Waals surface area contributed by atoms with Crippen molar-refractivity contribution in [3.63, 3.8) is 0 Å². The molecule has 1 heterocycles. The molecule has 0 aliphatic carbocycles. The zero-order chi connectivity index (χ0) is 12.1. The van der Waals surface area contributed by atoms with Crippen LogP contribution in [-0.2, 0) is 6.54 Å². The predicted octanol–water partition coefficient (Wildman–Crippen LogP) is 2.08. The van der Waals surface area contributed by atoms with Gasteiger partial charge in [-0.05, 0) is 19.1 Å². The average Bonchev–Trinajstić information content (AvgIpc) is 2.76. The van der Waals surface area contributed by atoms with E-state index in [1.807, 2.05) is 29.8 Å². The van der Waals surface area contributed by atoms with E-state index in [2.05, 4.69) is 4.98 Å². The fraction of sp³-hybridized carbons (Fsp3) is 0.231. The molecule has 17 heavy (non-hydrogen) atoms. The summed E-state index contributed by atoms with van der Waals surface area (Å²) in [5, 5.41) is 0. The summed E-state index contributed by atoms with van der Waals surface area (Å²) < 4.78 is 7.58. The van der Waals surface area contributed by atoms with Crippen LogP contribution in [0.2, 0.25) is 0 Å². The fourth-order valence-electron chi connectivity index (χ4n) is 1.60. The van der Waals surface area contributed by atoms with Crippen LogP contribution in [0.5, 0.6) is 5.75 Å². The minimum absolute atomic E-state index is 0.516. The summed E-state index contributed by atoms with van der Waals surface area (Å²) >= 11 is 0. The number of carbonyl (C=O) groups is 1. The molecule has 0 amide bonds. The molecule has 0 atom stereocenters. The van der Waals surface area contributed by atoms with E-state index in [9.17, 15) is 4.79 Å². The minimum atomic E-state index is 0.516. The second-order valence-electron chi connectivity index (χ2n) is 3.67. The standard InChI is InChI=1S/C13H14N2O2/c1-11-14-6-7-15(11)8-9-17-13-5-3-2-4-12(13)10-16/h2-7,10H,8-9H2,1H3. The quantitative estimate of drug-likeness (QED) is 0.739. The monoisotopic (exact) mass is 230 g/mol. The molecule has 4 heteroatoms. The molecule has 0 bridgehead atoms. The molecule has 88 valence electrons. The highest BCUT2D eigenvalue weighted by molar-refractivity contribution is 5.79. The van der Waals surface area contributed by atoms with Gasteiger partial charge in [0.2, 0.25) is 0 Å². The Morgan fingerprint density at radius 2 is 2.24 bits per heavy atom. The smallest absolute Gasteiger partial charge is 0.153 e. The Balaban J connectivity index is 1.94. The summed E-state index contributed by atoms with van der Waals surface area (Å²) in [7, 11) is 0. The summed E-state index contributed by atoms with van der Waals surface area (Å²) in [6.07, 6.45) is 4.47. The highest BCUT2D eigenvalue weighted by atomic mass is 16.5. The van der Waals surface area contributed by atoms with Crippen LogP contribution in [0.15, 0.2) is 36.7 Å². The van der Waals surface area contributed by atoms with Crippen molar-refractivity contribution in [2.75, 3.05) is 6.61 Å². The van der Waals surface area contributed by atoms with Gasteiger partial charge in [-0.15, -0.1) is 0 Å². The van der Waals surface area contributed by atoms with Crippen LogP contribution >= 0.6 is 0 Å². The van der Waals surface area contributed by atoms with Crippen molar-refractivity contribution < 1.29 is 9.53 Å². The van der Waals surface area contributed by atoms with Crippen molar-refractivity contribution >= 4 is 6.29 Å². The number of imidazole rings is 1. The van der Waals surface area contributed by atoms with Crippen LogP contribution in [0.1, 0.15) is 16.2 Å². The topological polar surface area (TPSA) is 44.1 Å². The molecule has 2 aromatic rings. The zero-order valence-electron chi connectivity index (χ0n) is 9.67. The average molecular weight is 230 g/mol. The van der Waals surface area contributed by atoms with Crippen LogP contribution in [0, 0.1) is 6.92 Å². The lowest BCUT2D eigenvalue weighted by Crippen LogP contribution is -2.09. The molecule has 0 radical (unpaired) electrons. The molecule has 0 saturated carbocycles. The first-order valence-electron chi connectivity index (χ1n) is 5.46. The molecule has 0 spiro atoms. The molecule has 0 fully saturated rings. The van der Waals surface area contributed by atoms with Crippen molar-refractivity contribution in [3.8, 4) is 5.75 Å². The van der Waals surface area contributed by atoms with E-state index >= 15 is 0 Å². The number of hydrogen-bond acceptors (Lipinski definition) is 3. The summed E-state index contributed by atoms with van der Waals surface area (Å²) in [5.41, 5.74) is 0.579. The van der Waals surface area contributed by atoms with Gasteiger partial charge in [0.05, 0.1) is 12.1 Å². The number of hydrogen-bond donors (Lipinski definition) is 0. The third-order valence-corrected chi connectivity index (χ3v) is 2.56. The van der Waals surface area contributed by atoms with Gasteiger partial charge in [0, 0.05) is 12.4 Å². The summed E-state index contributed by atoms with van der Waals surface area (Å²) in [4.78, 5) is 14.9. The molecular formula is C13H14N2O2. The second kappa shape index (κ2) is 5.30. The van der Waals surface area contributed by atoms with Crippen LogP contribution in [0.25, 0.3) is 0 Å². The van der Waals surface area contributed by atoms with E-state index in [1.165, 1.54) is 0 Å². The van der Waals surface area contributed by atoms with Crippen molar-refractivity contribution in [2.24, 2.45) is 0 Å². The summed E-state index contributed by atoms with van der Waals surface area (Å²) in [5.74, 6) is 1.58. The molecule has 1 aromatic carbocycles. The van der Waals surface area contributed by atoms with Crippen LogP contribution < -0.4 is 4.74 Å². The molecule has 1 aromatic heterocycles. The third kappa shape index (κ3) is 2.72. The van der Waals surface area contributed by atoms with Crippen LogP contribution in [-0.4, -0.2) is 22.4 Å². The Morgan fingerprint density at radius 3 is 2.94 bits per heavy atom. The number of para-hydroxylation sites is 1. The van der Waals surface area contributed by atoms with E-state index < -0.39 is 0 Å². The first-order chi connectivity index (χ1) is 8.31. The first kappa shape index (κ1) is 11.4. The van der Waals surface area contributed by atoms with E-state index in [0.717, 1.165) is 18.7 Å². The van der Waals surface area contributed by atoms with Crippen LogP contribution in [0.4, 0.5) is 0 Å². The van der Waals surface area contributed by atoms with Crippen molar-refractivity contribution in [1.82, 2.24) is 9.55 Å². The Kier molecular flexibility index (Phi) is 3.55. The highest BCUT2D eigenvalue weighted by Crippen LogP contribution is 2.15. The molecule has 0 saturated heterocycles. The third-order valence-electron chi connectivity index (χ3n) is 2.56. The summed E-state index contributed by atoms with van der Waals surface area (Å²) in [6.45, 7) is 3.18. The number of aldehydes is 1. The van der Waals surface area contributed by atoms with Gasteiger partial charge in [0.15, 0.2) is 6.29 Å². The highest BCUT2D eigenvalue weighted by Gasteiger charge is 2.02. The lowest BCUT2D eigenvalue weighted by Gasteiger charge is -2.09. The maximum Gasteiger partial charge on any atom is 0.153 e. The van der Waals surface area contributed by atoms with Gasteiger partial charge in [0.25, 0.3) is 0 Å². The van der Waals surface area contributed by atoms with Crippen molar-refractivity contribution in [2.45, 2.75) is 13.5 Å². The van der Waals surface area contributed by atoms with Gasteiger partial charge in [0.1, 0.15) is 18.2 Å². The maximum atomic E-state index is 10.8. The lowest BCUT2D eigenvalue weighted by molar-refractivity contribution is 0.111. The van der Waals surface area contributed by atoms with E-state index in [0.29, 0.717) is 17.9 Å². The van der Waals surface area contributed by atoms with E-state index in [1.54, 1.807) is 18.3 Å². The number of ether oxygens (including phenoxy) is 1. The SMILES string of the molecule is Cc1nccn1CCOc1ccccc1C=O. The van der Waals surface area contributed by atoms with Crippen molar-refractivity contribution in [3.05, 3.63) is 48.0 Å². The van der Waals surface area contributed by atoms with Crippen LogP contribution in [0.3, 0.4) is 0 Å². The summed E-state index contributed by atoms with van der Waals surface area (Å²) in [6, 6.07) is 7.21. The largest absolute Gasteiger partial charge is 0.491 e. The number of benzene rings is 1.